The van der Waals surface area contributed by atoms with Gasteiger partial charge in [-0.05, 0) is 47.5 Å². The first-order valence-electron chi connectivity index (χ1n) is 8.82. The van der Waals surface area contributed by atoms with Crippen LogP contribution in [0.1, 0.15) is 15.9 Å². The number of nitrogens with one attached hydrogen (secondary N) is 1. The monoisotopic (exact) mass is 436 g/mol. The van der Waals surface area contributed by atoms with Crippen molar-refractivity contribution < 1.29 is 36.9 Å². The van der Waals surface area contributed by atoms with Gasteiger partial charge in [0.05, 0.1) is 7.11 Å². The number of pyridine rings is 1. The summed E-state index contributed by atoms with van der Waals surface area (Å²) in [6.07, 6.45) is -3.36. The number of aromatic carboxylic acids is 1. The van der Waals surface area contributed by atoms with E-state index in [1.54, 1.807) is 18.2 Å². The summed E-state index contributed by atoms with van der Waals surface area (Å²) in [5.41, 5.74) is 0.985. The van der Waals surface area contributed by atoms with Crippen molar-refractivity contribution >= 4 is 11.8 Å². The minimum Gasteiger partial charge on any atom is -0.493 e. The van der Waals surface area contributed by atoms with Crippen molar-refractivity contribution in [2.45, 2.75) is 12.9 Å². The second kappa shape index (κ2) is 8.90. The molecule has 1 aromatic heterocycles. The van der Waals surface area contributed by atoms with Crippen molar-refractivity contribution in [3.05, 3.63) is 71.7 Å². The number of hydrogen-bond acceptors (Lipinski definition) is 5. The Balaban J connectivity index is 1.73. The zero-order valence-electron chi connectivity index (χ0n) is 16.0. The predicted molar refractivity (Wildman–Crippen MR) is 104 cm³/mol. The molecule has 0 saturated heterocycles. The van der Waals surface area contributed by atoms with Crippen molar-refractivity contribution in [2.75, 3.05) is 12.4 Å². The van der Waals surface area contributed by atoms with Gasteiger partial charge in [-0.25, -0.2) is 14.2 Å². The van der Waals surface area contributed by atoms with Gasteiger partial charge in [0, 0.05) is 18.3 Å². The summed E-state index contributed by atoms with van der Waals surface area (Å²) >= 11 is 0. The molecule has 10 heteroatoms. The second-order valence-corrected chi connectivity index (χ2v) is 6.32. The first-order chi connectivity index (χ1) is 14.7. The summed E-state index contributed by atoms with van der Waals surface area (Å²) in [7, 11) is 1.18. The van der Waals surface area contributed by atoms with E-state index in [4.69, 9.17) is 4.74 Å². The van der Waals surface area contributed by atoms with Gasteiger partial charge in [-0.2, -0.15) is 0 Å². The van der Waals surface area contributed by atoms with Crippen molar-refractivity contribution in [3.63, 3.8) is 0 Å². The fourth-order valence-electron chi connectivity index (χ4n) is 2.84. The highest BCUT2D eigenvalue weighted by molar-refractivity contribution is 5.92. The molecule has 0 saturated carbocycles. The molecule has 0 unspecified atom stereocenters. The lowest BCUT2D eigenvalue weighted by molar-refractivity contribution is -0.274. The number of methoxy groups -OCH3 is 1. The fraction of sp³-hybridized carbons (Fsp3) is 0.143. The van der Waals surface area contributed by atoms with Crippen molar-refractivity contribution in [1.29, 1.82) is 0 Å². The van der Waals surface area contributed by atoms with Gasteiger partial charge in [0.15, 0.2) is 11.6 Å². The van der Waals surface area contributed by atoms with Crippen LogP contribution in [-0.2, 0) is 6.54 Å². The smallest absolute Gasteiger partial charge is 0.493 e. The Labute approximate surface area is 174 Å². The number of rotatable bonds is 7. The van der Waals surface area contributed by atoms with Crippen LogP contribution >= 0.6 is 0 Å². The third-order valence-electron chi connectivity index (χ3n) is 4.18. The van der Waals surface area contributed by atoms with Crippen molar-refractivity contribution in [3.8, 4) is 22.6 Å². The van der Waals surface area contributed by atoms with E-state index in [2.05, 4.69) is 15.0 Å². The predicted octanol–water partition coefficient (Wildman–Crippen LogP) is 5.11. The largest absolute Gasteiger partial charge is 0.573 e. The highest BCUT2D eigenvalue weighted by atomic mass is 19.4. The molecule has 0 aliphatic rings. The molecule has 31 heavy (non-hydrogen) atoms. The van der Waals surface area contributed by atoms with Crippen LogP contribution in [0.3, 0.4) is 0 Å². The lowest BCUT2D eigenvalue weighted by Gasteiger charge is -2.11. The third kappa shape index (κ3) is 5.62. The highest BCUT2D eigenvalue weighted by Crippen LogP contribution is 2.30. The van der Waals surface area contributed by atoms with E-state index in [-0.39, 0.29) is 23.6 Å². The van der Waals surface area contributed by atoms with Gasteiger partial charge >= 0.3 is 12.3 Å². The van der Waals surface area contributed by atoms with Gasteiger partial charge in [0.2, 0.25) is 0 Å². The van der Waals surface area contributed by atoms with Gasteiger partial charge < -0.3 is 19.9 Å². The zero-order chi connectivity index (χ0) is 22.6. The summed E-state index contributed by atoms with van der Waals surface area (Å²) in [6.45, 7) is 0.182. The normalized spacial score (nSPS) is 11.1. The van der Waals surface area contributed by atoms with E-state index in [0.29, 0.717) is 22.5 Å². The van der Waals surface area contributed by atoms with Crippen molar-refractivity contribution in [2.24, 2.45) is 0 Å². The van der Waals surface area contributed by atoms with E-state index < -0.39 is 18.1 Å². The first-order valence-corrected chi connectivity index (χ1v) is 8.82. The Hall–Kier alpha value is -3.82. The molecule has 3 aromatic rings. The number of benzene rings is 2. The maximum atomic E-state index is 14.2. The highest BCUT2D eigenvalue weighted by Gasteiger charge is 2.31. The Morgan fingerprint density at radius 2 is 1.90 bits per heavy atom. The van der Waals surface area contributed by atoms with E-state index >= 15 is 0 Å². The second-order valence-electron chi connectivity index (χ2n) is 6.32. The average molecular weight is 436 g/mol. The minimum atomic E-state index is -4.77. The molecule has 0 atom stereocenters. The lowest BCUT2D eigenvalue weighted by Crippen LogP contribution is -2.17. The molecular formula is C21H16F4N2O4. The average Bonchev–Trinajstić information content (AvgIpc) is 2.71. The number of alkyl halides is 3. The van der Waals surface area contributed by atoms with E-state index in [1.807, 2.05) is 0 Å². The Bertz CT molecular complexity index is 1090. The van der Waals surface area contributed by atoms with Gasteiger partial charge in [-0.1, -0.05) is 12.1 Å². The molecule has 2 aromatic carbocycles. The SMILES string of the molecule is COc1c(F)cc(-c2ccc(NCc3cccc(OC(F)(F)F)c3)nc2)cc1C(=O)O. The molecule has 0 bridgehead atoms. The van der Waals surface area contributed by atoms with Gasteiger partial charge in [0.25, 0.3) is 0 Å². The molecular weight excluding hydrogens is 420 g/mol. The van der Waals surface area contributed by atoms with Crippen LogP contribution in [0, 0.1) is 5.82 Å². The maximum absolute atomic E-state index is 14.2. The number of aromatic nitrogens is 1. The quantitative estimate of drug-likeness (QED) is 0.502. The van der Waals surface area contributed by atoms with Crippen LogP contribution < -0.4 is 14.8 Å². The molecule has 6 nitrogen and oxygen atoms in total. The third-order valence-corrected chi connectivity index (χ3v) is 4.18. The van der Waals surface area contributed by atoms with Gasteiger partial charge in [-0.15, -0.1) is 13.2 Å². The molecule has 0 fully saturated rings. The first kappa shape index (κ1) is 21.9. The lowest BCUT2D eigenvalue weighted by atomic mass is 10.0. The molecule has 3 rings (SSSR count). The number of anilines is 1. The number of ether oxygens (including phenoxy) is 2. The molecule has 0 spiro atoms. The summed E-state index contributed by atoms with van der Waals surface area (Å²) in [5, 5.41) is 12.2. The Morgan fingerprint density at radius 3 is 2.52 bits per heavy atom. The van der Waals surface area contributed by atoms with E-state index in [9.17, 15) is 27.5 Å². The maximum Gasteiger partial charge on any atom is 0.573 e. The number of carboxylic acid groups (broad SMARTS) is 1. The molecule has 162 valence electrons. The Morgan fingerprint density at radius 1 is 1.13 bits per heavy atom. The Kier molecular flexibility index (Phi) is 6.28. The number of nitrogens with zero attached hydrogens (tertiary/aromatic N) is 1. The molecule has 2 N–H and O–H groups in total. The van der Waals surface area contributed by atoms with Gasteiger partial charge in [0.1, 0.15) is 17.1 Å². The van der Waals surface area contributed by atoms with Crippen LogP contribution in [0.5, 0.6) is 11.5 Å². The molecule has 1 heterocycles. The summed E-state index contributed by atoms with van der Waals surface area (Å²) in [6, 6.07) is 11.1. The summed E-state index contributed by atoms with van der Waals surface area (Å²) in [5.74, 6) is -2.43. The van der Waals surface area contributed by atoms with Crippen LogP contribution in [-0.4, -0.2) is 29.5 Å². The molecule has 0 aliphatic carbocycles. The van der Waals surface area contributed by atoms with Crippen LogP contribution in [0.4, 0.5) is 23.4 Å². The summed E-state index contributed by atoms with van der Waals surface area (Å²) < 4.78 is 59.9. The molecule has 0 aliphatic heterocycles. The van der Waals surface area contributed by atoms with Gasteiger partial charge in [-0.3, -0.25) is 0 Å². The number of hydrogen-bond donors (Lipinski definition) is 2. The molecule has 0 radical (unpaired) electrons. The van der Waals surface area contributed by atoms with E-state index in [0.717, 1.165) is 6.07 Å². The number of carboxylic acids is 1. The standard InChI is InChI=1S/C21H16F4N2O4/c1-30-19-16(20(28)29)8-14(9-17(19)22)13-5-6-18(27-11-13)26-10-12-3-2-4-15(7-12)31-21(23,24)25/h2-9,11H,10H2,1H3,(H,26,27)(H,28,29). The fourth-order valence-corrected chi connectivity index (χ4v) is 2.84. The van der Waals surface area contributed by atoms with E-state index in [1.165, 1.54) is 37.6 Å². The number of halogens is 4. The van der Waals surface area contributed by atoms with Crippen molar-refractivity contribution in [1.82, 2.24) is 4.98 Å². The minimum absolute atomic E-state index is 0.182. The van der Waals surface area contributed by atoms with Crippen LogP contribution in [0.25, 0.3) is 11.1 Å². The molecule has 0 amide bonds. The van der Waals surface area contributed by atoms with Crippen LogP contribution in [0.15, 0.2) is 54.7 Å². The summed E-state index contributed by atoms with van der Waals surface area (Å²) in [4.78, 5) is 15.5. The topological polar surface area (TPSA) is 80.7 Å². The number of carbonyl (C=O) groups is 1. The zero-order valence-corrected chi connectivity index (χ0v) is 16.0. The van der Waals surface area contributed by atoms with Crippen LogP contribution in [0.2, 0.25) is 0 Å².